The maximum absolute atomic E-state index is 13.1. The minimum Gasteiger partial charge on any atom is -0.444 e. The third kappa shape index (κ3) is 7.42. The number of ether oxygens (including phenoxy) is 1. The Kier molecular flexibility index (Phi) is 8.15. The van der Waals surface area contributed by atoms with Crippen LogP contribution in [0.3, 0.4) is 0 Å². The molecule has 1 amide bonds. The van der Waals surface area contributed by atoms with Gasteiger partial charge in [0.1, 0.15) is 23.7 Å². The summed E-state index contributed by atoms with van der Waals surface area (Å²) in [4.78, 5) is 29.5. The Hall–Kier alpha value is -4.48. The van der Waals surface area contributed by atoms with Gasteiger partial charge in [-0.15, -0.1) is 0 Å². The first-order chi connectivity index (χ1) is 19.9. The highest BCUT2D eigenvalue weighted by Crippen LogP contribution is 2.31. The van der Waals surface area contributed by atoms with Crippen LogP contribution in [0.25, 0.3) is 22.5 Å². The number of aromatic nitrogens is 5. The first-order valence-corrected chi connectivity index (χ1v) is 13.6. The molecule has 1 aliphatic rings. The van der Waals surface area contributed by atoms with Crippen LogP contribution in [0.2, 0.25) is 0 Å². The summed E-state index contributed by atoms with van der Waals surface area (Å²) in [7, 11) is 0. The molecule has 0 atom stereocenters. The highest BCUT2D eigenvalue weighted by molar-refractivity contribution is 5.78. The van der Waals surface area contributed by atoms with Crippen molar-refractivity contribution >= 4 is 11.8 Å². The number of pyridine rings is 1. The van der Waals surface area contributed by atoms with E-state index in [1.807, 2.05) is 45.0 Å². The van der Waals surface area contributed by atoms with Gasteiger partial charge in [0.25, 0.3) is 0 Å². The fraction of sp³-hybridized carbons (Fsp3) is 0.367. The van der Waals surface area contributed by atoms with Crippen molar-refractivity contribution < 1.29 is 22.7 Å². The molecule has 4 heterocycles. The molecule has 1 fully saturated rings. The second kappa shape index (κ2) is 11.8. The number of halogens is 3. The Morgan fingerprint density at radius 3 is 2.36 bits per heavy atom. The molecule has 3 aromatic heterocycles. The average Bonchev–Trinajstić information content (AvgIpc) is 3.36. The van der Waals surface area contributed by atoms with Gasteiger partial charge < -0.3 is 14.5 Å². The lowest BCUT2D eigenvalue weighted by atomic mass is 10.1. The van der Waals surface area contributed by atoms with E-state index in [2.05, 4.69) is 25.0 Å². The lowest BCUT2D eigenvalue weighted by Gasteiger charge is -2.36. The second-order valence-electron chi connectivity index (χ2n) is 11.1. The Labute approximate surface area is 242 Å². The minimum atomic E-state index is -4.41. The van der Waals surface area contributed by atoms with Gasteiger partial charge in [-0.1, -0.05) is 12.1 Å². The molecular weight excluding hydrogens is 547 g/mol. The van der Waals surface area contributed by atoms with Gasteiger partial charge >= 0.3 is 12.3 Å². The fourth-order valence-corrected chi connectivity index (χ4v) is 4.70. The maximum atomic E-state index is 13.1. The van der Waals surface area contributed by atoms with Crippen LogP contribution in [0.1, 0.15) is 32.2 Å². The lowest BCUT2D eigenvalue weighted by Crippen LogP contribution is -2.50. The van der Waals surface area contributed by atoms with Crippen molar-refractivity contribution in [3.8, 4) is 22.5 Å². The molecular formula is C30H32F3N7O2. The Balaban J connectivity index is 1.28. The third-order valence-electron chi connectivity index (χ3n) is 6.61. The van der Waals surface area contributed by atoms with Crippen LogP contribution in [0.15, 0.2) is 67.3 Å². The molecule has 4 aromatic rings. The standard InChI is InChI=1S/C30H32F3N7O2/c1-29(2,3)42-28(41)39-15-13-38(14-16-39)23-8-6-21(7-9-23)17-26-35-12-10-25(36-26)24-19-40(20-30(31,32)33)37-27(24)22-5-4-11-34-18-22/h4-12,18-19H,13-17,20H2,1-3H3. The highest BCUT2D eigenvalue weighted by atomic mass is 19.4. The second-order valence-corrected chi connectivity index (χ2v) is 11.1. The summed E-state index contributed by atoms with van der Waals surface area (Å²) in [6.07, 6.45) is 1.85. The average molecular weight is 580 g/mol. The fourth-order valence-electron chi connectivity index (χ4n) is 4.70. The van der Waals surface area contributed by atoms with E-state index in [9.17, 15) is 18.0 Å². The molecule has 0 spiro atoms. The zero-order valence-electron chi connectivity index (χ0n) is 23.7. The van der Waals surface area contributed by atoms with Gasteiger partial charge in [-0.2, -0.15) is 18.3 Å². The molecule has 1 aliphatic heterocycles. The summed E-state index contributed by atoms with van der Waals surface area (Å²) in [5.41, 5.74) is 3.43. The number of hydrogen-bond donors (Lipinski definition) is 0. The molecule has 12 heteroatoms. The normalized spacial score (nSPS) is 14.2. The summed E-state index contributed by atoms with van der Waals surface area (Å²) in [6.45, 7) is 6.93. The van der Waals surface area contributed by atoms with E-state index in [-0.39, 0.29) is 6.09 Å². The van der Waals surface area contributed by atoms with Crippen LogP contribution < -0.4 is 4.90 Å². The van der Waals surface area contributed by atoms with Gasteiger partial charge in [0.2, 0.25) is 0 Å². The third-order valence-corrected chi connectivity index (χ3v) is 6.61. The molecule has 1 aromatic carbocycles. The summed E-state index contributed by atoms with van der Waals surface area (Å²) >= 11 is 0. The van der Waals surface area contributed by atoms with E-state index >= 15 is 0 Å². The summed E-state index contributed by atoms with van der Waals surface area (Å²) in [5, 5.41) is 4.20. The van der Waals surface area contributed by atoms with Crippen molar-refractivity contribution in [1.29, 1.82) is 0 Å². The van der Waals surface area contributed by atoms with E-state index < -0.39 is 18.3 Å². The van der Waals surface area contributed by atoms with Crippen LogP contribution in [0.5, 0.6) is 0 Å². The summed E-state index contributed by atoms with van der Waals surface area (Å²) in [5.74, 6) is 0.534. The van der Waals surface area contributed by atoms with Gasteiger partial charge in [0.15, 0.2) is 0 Å². The topological polar surface area (TPSA) is 89.3 Å². The molecule has 42 heavy (non-hydrogen) atoms. The molecule has 0 aliphatic carbocycles. The molecule has 9 nitrogen and oxygen atoms in total. The predicted molar refractivity (Wildman–Crippen MR) is 152 cm³/mol. The Morgan fingerprint density at radius 2 is 1.71 bits per heavy atom. The number of carbonyl (C=O) groups is 1. The molecule has 0 unspecified atom stereocenters. The first kappa shape index (κ1) is 29.0. The smallest absolute Gasteiger partial charge is 0.410 e. The van der Waals surface area contributed by atoms with Crippen molar-refractivity contribution in [3.63, 3.8) is 0 Å². The van der Waals surface area contributed by atoms with E-state index in [1.165, 1.54) is 6.20 Å². The molecule has 1 saturated heterocycles. The molecule has 0 bridgehead atoms. The number of carbonyl (C=O) groups excluding carboxylic acids is 1. The van der Waals surface area contributed by atoms with Crippen molar-refractivity contribution in [2.75, 3.05) is 31.1 Å². The number of hydrogen-bond acceptors (Lipinski definition) is 7. The highest BCUT2D eigenvalue weighted by Gasteiger charge is 2.30. The maximum Gasteiger partial charge on any atom is 0.410 e. The number of benzene rings is 1. The minimum absolute atomic E-state index is 0.292. The Bertz CT molecular complexity index is 1510. The Morgan fingerprint density at radius 1 is 0.976 bits per heavy atom. The van der Waals surface area contributed by atoms with Crippen molar-refractivity contribution in [2.45, 2.75) is 45.5 Å². The molecule has 5 rings (SSSR count). The van der Waals surface area contributed by atoms with Crippen LogP contribution in [0.4, 0.5) is 23.7 Å². The van der Waals surface area contributed by atoms with Crippen molar-refractivity contribution in [1.82, 2.24) is 29.6 Å². The zero-order valence-corrected chi connectivity index (χ0v) is 23.7. The van der Waals surface area contributed by atoms with E-state index in [0.29, 0.717) is 60.9 Å². The van der Waals surface area contributed by atoms with Gasteiger partial charge in [0, 0.05) is 74.2 Å². The van der Waals surface area contributed by atoms with Gasteiger partial charge in [-0.05, 0) is 56.7 Å². The lowest BCUT2D eigenvalue weighted by molar-refractivity contribution is -0.142. The molecule has 0 radical (unpaired) electrons. The SMILES string of the molecule is CC(C)(C)OC(=O)N1CCN(c2ccc(Cc3nccc(-c4cn(CC(F)(F)F)nc4-c4cccnc4)n3)cc2)CC1. The number of anilines is 1. The van der Waals surface area contributed by atoms with E-state index in [4.69, 9.17) is 4.74 Å². The number of rotatable bonds is 6. The van der Waals surface area contributed by atoms with Crippen LogP contribution in [-0.4, -0.2) is 73.7 Å². The molecule has 0 N–H and O–H groups in total. The largest absolute Gasteiger partial charge is 0.444 e. The summed E-state index contributed by atoms with van der Waals surface area (Å²) < 4.78 is 45.7. The van der Waals surface area contributed by atoms with Crippen LogP contribution in [-0.2, 0) is 17.7 Å². The van der Waals surface area contributed by atoms with Gasteiger partial charge in [-0.3, -0.25) is 9.67 Å². The van der Waals surface area contributed by atoms with Gasteiger partial charge in [-0.25, -0.2) is 14.8 Å². The van der Waals surface area contributed by atoms with E-state index in [0.717, 1.165) is 15.9 Å². The number of alkyl halides is 3. The number of piperazine rings is 1. The number of nitrogens with zero attached hydrogens (tertiary/aromatic N) is 7. The molecule has 0 saturated carbocycles. The monoisotopic (exact) mass is 579 g/mol. The van der Waals surface area contributed by atoms with E-state index in [1.54, 1.807) is 41.7 Å². The first-order valence-electron chi connectivity index (χ1n) is 13.6. The van der Waals surface area contributed by atoms with Crippen LogP contribution in [0, 0.1) is 0 Å². The zero-order chi connectivity index (χ0) is 29.9. The van der Waals surface area contributed by atoms with Crippen molar-refractivity contribution in [3.05, 3.63) is 78.6 Å². The number of amides is 1. The van der Waals surface area contributed by atoms with Crippen molar-refractivity contribution in [2.24, 2.45) is 0 Å². The predicted octanol–water partition coefficient (Wildman–Crippen LogP) is 5.61. The quantitative estimate of drug-likeness (QED) is 0.293. The summed E-state index contributed by atoms with van der Waals surface area (Å²) in [6, 6.07) is 13.2. The van der Waals surface area contributed by atoms with Gasteiger partial charge in [0.05, 0.1) is 5.69 Å². The molecule has 220 valence electrons. The van der Waals surface area contributed by atoms with Crippen LogP contribution >= 0.6 is 0 Å².